The Hall–Kier alpha value is -3.79. The van der Waals surface area contributed by atoms with E-state index in [1.54, 1.807) is 53.4 Å². The van der Waals surface area contributed by atoms with Crippen LogP contribution in [0.5, 0.6) is 11.5 Å². The quantitative estimate of drug-likeness (QED) is 0.466. The molecule has 1 aliphatic rings. The Kier molecular flexibility index (Phi) is 7.73. The fourth-order valence-corrected chi connectivity index (χ4v) is 4.03. The van der Waals surface area contributed by atoms with Gasteiger partial charge in [-0.1, -0.05) is 6.07 Å². The Labute approximate surface area is 195 Å². The number of likely N-dealkylation sites (N-methyl/N-ethyl adjacent to an activating group) is 1. The number of hydrogen-bond donors (Lipinski definition) is 1. The van der Waals surface area contributed by atoms with Crippen molar-refractivity contribution in [2.24, 2.45) is 10.7 Å². The molecule has 2 aromatic rings. The molecule has 0 atom stereocenters. The van der Waals surface area contributed by atoms with Crippen LogP contribution < -0.4 is 15.2 Å². The first-order valence-corrected chi connectivity index (χ1v) is 10.8. The van der Waals surface area contributed by atoms with E-state index < -0.39 is 11.9 Å². The van der Waals surface area contributed by atoms with E-state index in [2.05, 4.69) is 4.99 Å². The number of primary amides is 1. The fraction of sp³-hybridized carbons (Fsp3) is 0.217. The highest BCUT2D eigenvalue weighted by Crippen LogP contribution is 2.35. The van der Waals surface area contributed by atoms with E-state index >= 15 is 0 Å². The molecular weight excluding hydrogens is 446 g/mol. The lowest BCUT2D eigenvalue weighted by Gasteiger charge is -2.12. The van der Waals surface area contributed by atoms with Crippen molar-refractivity contribution in [3.8, 4) is 11.5 Å². The van der Waals surface area contributed by atoms with Gasteiger partial charge in [-0.25, -0.2) is 9.79 Å². The van der Waals surface area contributed by atoms with Gasteiger partial charge in [0.05, 0.1) is 30.4 Å². The zero-order chi connectivity index (χ0) is 24.0. The number of carbonyl (C=O) groups is 3. The largest absolute Gasteiger partial charge is 0.493 e. The fourth-order valence-electron chi connectivity index (χ4n) is 2.96. The lowest BCUT2D eigenvalue weighted by molar-refractivity contribution is -0.122. The first-order chi connectivity index (χ1) is 15.9. The molecule has 1 aliphatic heterocycles. The summed E-state index contributed by atoms with van der Waals surface area (Å²) in [7, 11) is 2.80. The van der Waals surface area contributed by atoms with Gasteiger partial charge in [0.25, 0.3) is 11.8 Å². The molecule has 2 N–H and O–H groups in total. The molecule has 2 aromatic carbocycles. The minimum Gasteiger partial charge on any atom is -0.493 e. The lowest BCUT2D eigenvalue weighted by atomic mass is 10.2. The summed E-state index contributed by atoms with van der Waals surface area (Å²) >= 11 is 1.25. The maximum atomic E-state index is 12.9. The third-order valence-electron chi connectivity index (χ3n) is 4.57. The van der Waals surface area contributed by atoms with E-state index in [0.29, 0.717) is 44.9 Å². The monoisotopic (exact) mass is 469 g/mol. The molecule has 0 unspecified atom stereocenters. The molecular formula is C23H23N3O6S. The third-order valence-corrected chi connectivity index (χ3v) is 5.58. The summed E-state index contributed by atoms with van der Waals surface area (Å²) in [5.74, 6) is -0.408. The van der Waals surface area contributed by atoms with Gasteiger partial charge in [0, 0.05) is 6.54 Å². The summed E-state index contributed by atoms with van der Waals surface area (Å²) in [5.41, 5.74) is 6.86. The van der Waals surface area contributed by atoms with Crippen molar-refractivity contribution in [1.29, 1.82) is 0 Å². The summed E-state index contributed by atoms with van der Waals surface area (Å²) in [6, 6.07) is 11.7. The van der Waals surface area contributed by atoms with Gasteiger partial charge in [0.1, 0.15) is 0 Å². The summed E-state index contributed by atoms with van der Waals surface area (Å²) in [6.07, 6.45) is 1.74. The zero-order valence-electron chi connectivity index (χ0n) is 18.4. The summed E-state index contributed by atoms with van der Waals surface area (Å²) in [6.45, 7) is 2.05. The van der Waals surface area contributed by atoms with Gasteiger partial charge in [-0.05, 0) is 66.7 Å². The highest BCUT2D eigenvalue weighted by molar-refractivity contribution is 8.18. The minimum atomic E-state index is -0.595. The van der Waals surface area contributed by atoms with Crippen molar-refractivity contribution in [3.05, 3.63) is 58.5 Å². The second-order valence-electron chi connectivity index (χ2n) is 6.76. The molecule has 0 spiro atoms. The van der Waals surface area contributed by atoms with E-state index in [-0.39, 0.29) is 12.5 Å². The lowest BCUT2D eigenvalue weighted by Crippen LogP contribution is -2.28. The highest BCUT2D eigenvalue weighted by Gasteiger charge is 2.32. The number of carbonyl (C=O) groups excluding carboxylic acids is 3. The maximum Gasteiger partial charge on any atom is 0.337 e. The summed E-state index contributed by atoms with van der Waals surface area (Å²) in [4.78, 5) is 42.1. The van der Waals surface area contributed by atoms with Crippen LogP contribution in [0.2, 0.25) is 0 Å². The molecule has 0 aromatic heterocycles. The second kappa shape index (κ2) is 10.7. The van der Waals surface area contributed by atoms with Gasteiger partial charge >= 0.3 is 5.97 Å². The van der Waals surface area contributed by atoms with Crippen LogP contribution in [0.1, 0.15) is 22.8 Å². The molecule has 0 saturated carbocycles. The van der Waals surface area contributed by atoms with E-state index in [0.717, 1.165) is 0 Å². The smallest absolute Gasteiger partial charge is 0.337 e. The normalized spacial score (nSPS) is 15.7. The molecule has 10 heteroatoms. The maximum absolute atomic E-state index is 12.9. The first-order valence-electron chi connectivity index (χ1n) is 9.93. The SMILES string of the molecule is CCN1C(=O)/C(=C\c2ccc(OCC(N)=O)c(OC)c2)SC1=Nc1ccc(C(=O)OC)cc1. The number of rotatable bonds is 8. The number of amides is 2. The molecule has 0 bridgehead atoms. The van der Waals surface area contributed by atoms with Crippen molar-refractivity contribution in [1.82, 2.24) is 4.90 Å². The predicted octanol–water partition coefficient (Wildman–Crippen LogP) is 2.97. The van der Waals surface area contributed by atoms with E-state index in [1.807, 2.05) is 6.92 Å². The standard InChI is InChI=1S/C23H23N3O6S/c1-4-26-21(28)19(12-14-5-10-17(18(11-14)30-2)32-13-20(24)27)33-23(26)25-16-8-6-15(7-9-16)22(29)31-3/h5-12H,4,13H2,1-3H3,(H2,24,27)/b19-12+,25-23?. The number of amidine groups is 1. The van der Waals surface area contributed by atoms with Crippen LogP contribution in [-0.4, -0.2) is 55.2 Å². The Morgan fingerprint density at radius 3 is 2.45 bits per heavy atom. The number of thioether (sulfide) groups is 1. The molecule has 1 heterocycles. The Balaban J connectivity index is 1.85. The van der Waals surface area contributed by atoms with Gasteiger partial charge in [-0.15, -0.1) is 0 Å². The number of hydrogen-bond acceptors (Lipinski definition) is 8. The molecule has 0 aliphatic carbocycles. The van der Waals surface area contributed by atoms with Crippen LogP contribution >= 0.6 is 11.8 Å². The highest BCUT2D eigenvalue weighted by atomic mass is 32.2. The minimum absolute atomic E-state index is 0.166. The van der Waals surface area contributed by atoms with E-state index in [9.17, 15) is 14.4 Å². The van der Waals surface area contributed by atoms with Crippen molar-refractivity contribution in [3.63, 3.8) is 0 Å². The Morgan fingerprint density at radius 2 is 1.85 bits per heavy atom. The van der Waals surface area contributed by atoms with Crippen LogP contribution in [0.3, 0.4) is 0 Å². The third kappa shape index (κ3) is 5.72. The number of esters is 1. The van der Waals surface area contributed by atoms with Crippen LogP contribution in [0, 0.1) is 0 Å². The predicted molar refractivity (Wildman–Crippen MR) is 126 cm³/mol. The van der Waals surface area contributed by atoms with Gasteiger partial charge in [-0.2, -0.15) is 0 Å². The van der Waals surface area contributed by atoms with Crippen LogP contribution in [0.25, 0.3) is 6.08 Å². The molecule has 1 saturated heterocycles. The van der Waals surface area contributed by atoms with Crippen molar-refractivity contribution >= 4 is 46.5 Å². The number of ether oxygens (including phenoxy) is 3. The van der Waals surface area contributed by atoms with E-state index in [1.165, 1.54) is 26.0 Å². The average Bonchev–Trinajstić information content (AvgIpc) is 3.11. The molecule has 172 valence electrons. The molecule has 2 amide bonds. The van der Waals surface area contributed by atoms with Gasteiger partial charge in [0.15, 0.2) is 23.3 Å². The second-order valence-corrected chi connectivity index (χ2v) is 7.77. The molecule has 0 radical (unpaired) electrons. The summed E-state index contributed by atoms with van der Waals surface area (Å²) < 4.78 is 15.4. The average molecular weight is 470 g/mol. The molecule has 1 fully saturated rings. The number of methoxy groups -OCH3 is 2. The zero-order valence-corrected chi connectivity index (χ0v) is 19.2. The molecule has 9 nitrogen and oxygen atoms in total. The summed E-state index contributed by atoms with van der Waals surface area (Å²) in [5, 5.41) is 0.535. The molecule has 3 rings (SSSR count). The topological polar surface area (TPSA) is 121 Å². The van der Waals surface area contributed by atoms with Crippen LogP contribution in [0.15, 0.2) is 52.4 Å². The molecule has 33 heavy (non-hydrogen) atoms. The number of benzene rings is 2. The van der Waals surface area contributed by atoms with Gasteiger partial charge in [0.2, 0.25) is 0 Å². The van der Waals surface area contributed by atoms with Crippen molar-refractivity contribution in [2.75, 3.05) is 27.4 Å². The van der Waals surface area contributed by atoms with Gasteiger partial charge in [-0.3, -0.25) is 14.5 Å². The number of nitrogens with zero attached hydrogens (tertiary/aromatic N) is 2. The first kappa shape index (κ1) is 23.9. The number of aliphatic imine (C=N–C) groups is 1. The Bertz CT molecular complexity index is 1130. The van der Waals surface area contributed by atoms with Gasteiger partial charge < -0.3 is 19.9 Å². The van der Waals surface area contributed by atoms with Crippen molar-refractivity contribution in [2.45, 2.75) is 6.92 Å². The van der Waals surface area contributed by atoms with E-state index in [4.69, 9.17) is 19.9 Å². The number of nitrogens with two attached hydrogens (primary N) is 1. The van der Waals surface area contributed by atoms with Crippen LogP contribution in [0.4, 0.5) is 5.69 Å². The van der Waals surface area contributed by atoms with Crippen molar-refractivity contribution < 1.29 is 28.6 Å². The Morgan fingerprint density at radius 1 is 1.12 bits per heavy atom. The van der Waals surface area contributed by atoms with Crippen LogP contribution in [-0.2, 0) is 14.3 Å².